The molecule has 0 spiro atoms. The molecule has 0 radical (unpaired) electrons. The molecule has 0 fully saturated rings. The third-order valence-corrected chi connectivity index (χ3v) is 1.76. The van der Waals surface area contributed by atoms with Crippen molar-refractivity contribution in [1.82, 2.24) is 4.98 Å². The molecule has 0 unspecified atom stereocenters. The van der Waals surface area contributed by atoms with Crippen LogP contribution >= 0.6 is 11.6 Å². The monoisotopic (exact) mass is 269 g/mol. The van der Waals surface area contributed by atoms with Gasteiger partial charge in [0.15, 0.2) is 0 Å². The summed E-state index contributed by atoms with van der Waals surface area (Å²) in [4.78, 5) is 23.4. The second kappa shape index (κ2) is 4.53. The Morgan fingerprint density at radius 2 is 2.12 bits per heavy atom. The lowest BCUT2D eigenvalue weighted by Crippen LogP contribution is -2.30. The molecule has 1 aromatic heterocycles. The van der Waals surface area contributed by atoms with Gasteiger partial charge in [-0.1, -0.05) is 11.6 Å². The smallest absolute Gasteiger partial charge is 0.312 e. The number of anilines is 1. The Morgan fingerprint density at radius 1 is 1.53 bits per heavy atom. The Hall–Kier alpha value is -1.90. The summed E-state index contributed by atoms with van der Waals surface area (Å²) in [5, 5.41) is 11.5. The van der Waals surface area contributed by atoms with E-state index in [1.54, 1.807) is 0 Å². The van der Waals surface area contributed by atoms with E-state index in [2.05, 4.69) is 4.98 Å². The Labute approximate surface area is 96.5 Å². The van der Waals surface area contributed by atoms with Gasteiger partial charge in [0.25, 0.3) is 0 Å². The van der Waals surface area contributed by atoms with Crippen LogP contribution in [-0.4, -0.2) is 22.0 Å². The summed E-state index contributed by atoms with van der Waals surface area (Å²) in [7, 11) is 0. The van der Waals surface area contributed by atoms with Gasteiger partial charge in [0.2, 0.25) is 0 Å². The van der Waals surface area contributed by atoms with E-state index in [1.807, 2.05) is 0 Å². The number of amides is 1. The number of alkyl halides is 3. The van der Waals surface area contributed by atoms with Gasteiger partial charge in [-0.05, 0) is 0 Å². The second-order valence-corrected chi connectivity index (χ2v) is 3.12. The molecule has 1 amide bonds. The van der Waals surface area contributed by atoms with Gasteiger partial charge in [-0.15, -0.1) is 0 Å². The van der Waals surface area contributed by atoms with Crippen LogP contribution in [0.1, 0.15) is 0 Å². The lowest BCUT2D eigenvalue weighted by Gasteiger charge is -2.07. The Morgan fingerprint density at radius 3 is 2.59 bits per heavy atom. The first-order valence-corrected chi connectivity index (χ1v) is 4.27. The van der Waals surface area contributed by atoms with Crippen molar-refractivity contribution >= 4 is 28.9 Å². The minimum absolute atomic E-state index is 0.284. The fourth-order valence-corrected chi connectivity index (χ4v) is 1.02. The molecule has 0 atom stereocenters. The van der Waals surface area contributed by atoms with E-state index in [0.29, 0.717) is 6.20 Å². The number of rotatable bonds is 2. The van der Waals surface area contributed by atoms with E-state index < -0.39 is 28.4 Å². The van der Waals surface area contributed by atoms with E-state index in [9.17, 15) is 28.1 Å². The third kappa shape index (κ3) is 3.28. The molecule has 0 aliphatic carbocycles. The molecule has 0 bridgehead atoms. The largest absolute Gasteiger partial charge is 0.471 e. The second-order valence-electron chi connectivity index (χ2n) is 2.73. The number of carbonyl (C=O) groups is 1. The average molecular weight is 270 g/mol. The summed E-state index contributed by atoms with van der Waals surface area (Å²) >= 11 is 5.35. The van der Waals surface area contributed by atoms with Crippen LogP contribution < -0.4 is 5.32 Å². The van der Waals surface area contributed by atoms with Crippen molar-refractivity contribution in [2.75, 3.05) is 5.32 Å². The Kier molecular flexibility index (Phi) is 3.51. The van der Waals surface area contributed by atoms with E-state index in [4.69, 9.17) is 11.6 Å². The molecule has 0 saturated carbocycles. The van der Waals surface area contributed by atoms with Crippen molar-refractivity contribution in [2.45, 2.75) is 6.18 Å². The van der Waals surface area contributed by atoms with Crippen LogP contribution in [0, 0.1) is 10.1 Å². The van der Waals surface area contributed by atoms with Crippen molar-refractivity contribution in [3.8, 4) is 0 Å². The number of halogens is 4. The van der Waals surface area contributed by atoms with Crippen molar-refractivity contribution in [2.24, 2.45) is 0 Å². The summed E-state index contributed by atoms with van der Waals surface area (Å²) < 4.78 is 35.8. The van der Waals surface area contributed by atoms with E-state index in [1.165, 1.54) is 5.32 Å². The van der Waals surface area contributed by atoms with Gasteiger partial charge in [0.1, 0.15) is 17.0 Å². The summed E-state index contributed by atoms with van der Waals surface area (Å²) in [5.41, 5.74) is -1.45. The molecule has 6 nitrogen and oxygen atoms in total. The first-order valence-electron chi connectivity index (χ1n) is 3.90. The van der Waals surface area contributed by atoms with E-state index in [0.717, 1.165) is 6.07 Å². The molecule has 17 heavy (non-hydrogen) atoms. The number of carbonyl (C=O) groups excluding carboxylic acids is 1. The highest BCUT2D eigenvalue weighted by atomic mass is 35.5. The standard InChI is InChI=1S/C7H3ClF3N3O3/c8-5-1-3(4(2-12-5)14(16)17)13-6(15)7(9,10)11/h1-2H,(H,12,13,15). The first-order chi connectivity index (χ1) is 7.71. The zero-order valence-electron chi connectivity index (χ0n) is 7.79. The maximum atomic E-state index is 11.9. The number of aromatic nitrogens is 1. The van der Waals surface area contributed by atoms with Crippen molar-refractivity contribution < 1.29 is 22.9 Å². The molecule has 1 heterocycles. The highest BCUT2D eigenvalue weighted by molar-refractivity contribution is 6.29. The topological polar surface area (TPSA) is 85.1 Å². The molecular formula is C7H3ClF3N3O3. The normalized spacial score (nSPS) is 11.1. The summed E-state index contributed by atoms with van der Waals surface area (Å²) in [6.07, 6.45) is -4.50. The van der Waals surface area contributed by atoms with Gasteiger partial charge in [-0.2, -0.15) is 13.2 Å². The van der Waals surface area contributed by atoms with Gasteiger partial charge >= 0.3 is 17.8 Å². The van der Waals surface area contributed by atoms with Crippen LogP contribution in [0.2, 0.25) is 5.15 Å². The molecule has 1 aromatic rings. The number of hydrogen-bond acceptors (Lipinski definition) is 4. The molecule has 92 valence electrons. The lowest BCUT2D eigenvalue weighted by molar-refractivity contribution is -0.384. The molecule has 0 saturated heterocycles. The van der Waals surface area contributed by atoms with Crippen LogP contribution in [0.25, 0.3) is 0 Å². The van der Waals surface area contributed by atoms with Gasteiger partial charge in [0, 0.05) is 6.07 Å². The summed E-state index contributed by atoms with van der Waals surface area (Å²) in [6.45, 7) is 0. The SMILES string of the molecule is O=C(Nc1cc(Cl)ncc1[N+](=O)[O-])C(F)(F)F. The van der Waals surface area contributed by atoms with Crippen LogP contribution in [-0.2, 0) is 4.79 Å². The fraction of sp³-hybridized carbons (Fsp3) is 0.143. The van der Waals surface area contributed by atoms with Gasteiger partial charge in [0.05, 0.1) is 4.92 Å². The number of nitrogens with one attached hydrogen (secondary N) is 1. The first kappa shape index (κ1) is 13.2. The molecule has 10 heteroatoms. The van der Waals surface area contributed by atoms with Crippen molar-refractivity contribution in [3.63, 3.8) is 0 Å². The molecule has 0 aromatic carbocycles. The molecule has 1 N–H and O–H groups in total. The van der Waals surface area contributed by atoms with E-state index >= 15 is 0 Å². The average Bonchev–Trinajstić information content (AvgIpc) is 2.15. The van der Waals surface area contributed by atoms with Crippen molar-refractivity contribution in [3.05, 3.63) is 27.5 Å². The molecule has 1 rings (SSSR count). The predicted octanol–water partition coefficient (Wildman–Crippen LogP) is 2.14. The maximum Gasteiger partial charge on any atom is 0.471 e. The quantitative estimate of drug-likeness (QED) is 0.506. The molecule has 0 aliphatic heterocycles. The number of hydrogen-bond donors (Lipinski definition) is 1. The van der Waals surface area contributed by atoms with Gasteiger partial charge < -0.3 is 5.32 Å². The minimum Gasteiger partial charge on any atom is -0.312 e. The van der Waals surface area contributed by atoms with Gasteiger partial charge in [-0.25, -0.2) is 4.98 Å². The van der Waals surface area contributed by atoms with Crippen LogP contribution in [0.4, 0.5) is 24.5 Å². The van der Waals surface area contributed by atoms with Crippen molar-refractivity contribution in [1.29, 1.82) is 0 Å². The number of pyridine rings is 1. The van der Waals surface area contributed by atoms with Crippen LogP contribution in [0.5, 0.6) is 0 Å². The summed E-state index contributed by atoms with van der Waals surface area (Å²) in [5.74, 6) is -2.33. The minimum atomic E-state index is -5.15. The highest BCUT2D eigenvalue weighted by Crippen LogP contribution is 2.27. The zero-order valence-corrected chi connectivity index (χ0v) is 8.54. The summed E-state index contributed by atoms with van der Waals surface area (Å²) in [6, 6.07) is 0.753. The molecular weight excluding hydrogens is 267 g/mol. The highest BCUT2D eigenvalue weighted by Gasteiger charge is 2.39. The Balaban J connectivity index is 3.09. The third-order valence-electron chi connectivity index (χ3n) is 1.55. The lowest BCUT2D eigenvalue weighted by atomic mass is 10.3. The predicted molar refractivity (Wildman–Crippen MR) is 50.6 cm³/mol. The number of nitro groups is 1. The fourth-order valence-electron chi connectivity index (χ4n) is 0.861. The Bertz CT molecular complexity index is 477. The van der Waals surface area contributed by atoms with Crippen LogP contribution in [0.3, 0.4) is 0 Å². The van der Waals surface area contributed by atoms with Gasteiger partial charge in [-0.3, -0.25) is 14.9 Å². The maximum absolute atomic E-state index is 11.9. The zero-order chi connectivity index (χ0) is 13.2. The molecule has 0 aliphatic rings. The van der Waals surface area contributed by atoms with Crippen LogP contribution in [0.15, 0.2) is 12.3 Å². The van der Waals surface area contributed by atoms with E-state index in [-0.39, 0.29) is 5.15 Å². The number of nitrogens with zero attached hydrogens (tertiary/aromatic N) is 2.